The second kappa shape index (κ2) is 13.6. The van der Waals surface area contributed by atoms with Gasteiger partial charge in [0, 0.05) is 33.4 Å². The summed E-state index contributed by atoms with van der Waals surface area (Å²) in [5.74, 6) is 0.617. The molecule has 0 amide bonds. The summed E-state index contributed by atoms with van der Waals surface area (Å²) >= 11 is 0. The second-order valence-corrected chi connectivity index (χ2v) is 14.3. The number of furan rings is 1. The predicted octanol–water partition coefficient (Wildman–Crippen LogP) is 15.0. The van der Waals surface area contributed by atoms with Crippen LogP contribution in [0.15, 0.2) is 215 Å². The van der Waals surface area contributed by atoms with E-state index in [1.807, 2.05) is 24.3 Å². The normalized spacial score (nSPS) is 11.5. The summed E-state index contributed by atoms with van der Waals surface area (Å²) < 4.78 is 12.8. The van der Waals surface area contributed by atoms with Gasteiger partial charge in [0.05, 0.1) is 0 Å². The predicted molar refractivity (Wildman–Crippen MR) is 235 cm³/mol. The smallest absolute Gasteiger partial charge is 0.227 e. The molecule has 268 valence electrons. The van der Waals surface area contributed by atoms with Crippen LogP contribution in [0, 0.1) is 0 Å². The fourth-order valence-corrected chi connectivity index (χ4v) is 8.20. The molecule has 0 saturated heterocycles. The summed E-state index contributed by atoms with van der Waals surface area (Å²) in [5, 5.41) is 4.57. The summed E-state index contributed by atoms with van der Waals surface area (Å²) in [7, 11) is 0. The van der Waals surface area contributed by atoms with E-state index in [4.69, 9.17) is 13.8 Å². The van der Waals surface area contributed by atoms with Gasteiger partial charge in [-0.2, -0.15) is 0 Å². The van der Waals surface area contributed by atoms with Gasteiger partial charge in [-0.1, -0.05) is 133 Å². The molecular formula is C53H34N2O2. The quantitative estimate of drug-likeness (QED) is 0.164. The third kappa shape index (κ3) is 5.74. The molecule has 4 nitrogen and oxygen atoms in total. The molecule has 0 radical (unpaired) electrons. The van der Waals surface area contributed by atoms with Gasteiger partial charge in [0.25, 0.3) is 0 Å². The monoisotopic (exact) mass is 730 g/mol. The lowest BCUT2D eigenvalue weighted by atomic mass is 9.92. The van der Waals surface area contributed by atoms with Gasteiger partial charge in [-0.25, -0.2) is 4.98 Å². The van der Waals surface area contributed by atoms with Crippen molar-refractivity contribution in [1.29, 1.82) is 0 Å². The van der Waals surface area contributed by atoms with Gasteiger partial charge in [0.2, 0.25) is 5.89 Å². The molecule has 0 N–H and O–H groups in total. The van der Waals surface area contributed by atoms with E-state index in [2.05, 4.69) is 187 Å². The summed E-state index contributed by atoms with van der Waals surface area (Å²) in [6.45, 7) is 0. The Morgan fingerprint density at radius 3 is 1.61 bits per heavy atom. The Morgan fingerprint density at radius 2 is 0.877 bits per heavy atom. The minimum atomic E-state index is 0.617. The molecule has 2 aromatic heterocycles. The van der Waals surface area contributed by atoms with Crippen LogP contribution in [0.25, 0.3) is 88.6 Å². The van der Waals surface area contributed by atoms with Crippen LogP contribution in [-0.2, 0) is 0 Å². The Balaban J connectivity index is 0.984. The van der Waals surface area contributed by atoms with E-state index in [1.54, 1.807) is 0 Å². The fraction of sp³-hybridized carbons (Fsp3) is 0. The van der Waals surface area contributed by atoms with Crippen LogP contribution in [0.2, 0.25) is 0 Å². The van der Waals surface area contributed by atoms with E-state index in [-0.39, 0.29) is 0 Å². The number of fused-ring (bicyclic) bond motifs is 6. The zero-order valence-electron chi connectivity index (χ0n) is 30.8. The number of oxazole rings is 1. The maximum absolute atomic E-state index is 6.70. The van der Waals surface area contributed by atoms with Crippen molar-refractivity contribution in [3.63, 3.8) is 0 Å². The van der Waals surface area contributed by atoms with Crippen molar-refractivity contribution < 1.29 is 8.83 Å². The van der Waals surface area contributed by atoms with Gasteiger partial charge >= 0.3 is 0 Å². The highest BCUT2D eigenvalue weighted by Gasteiger charge is 2.19. The Hall–Kier alpha value is -7.69. The molecule has 0 bridgehead atoms. The number of para-hydroxylation sites is 3. The highest BCUT2D eigenvalue weighted by atomic mass is 16.3. The Bertz CT molecular complexity index is 3170. The molecule has 4 heteroatoms. The van der Waals surface area contributed by atoms with Crippen LogP contribution in [0.4, 0.5) is 17.1 Å². The maximum Gasteiger partial charge on any atom is 0.227 e. The van der Waals surface area contributed by atoms with Crippen LogP contribution in [0.3, 0.4) is 0 Å². The molecule has 11 aromatic rings. The van der Waals surface area contributed by atoms with E-state index in [1.165, 1.54) is 16.5 Å². The van der Waals surface area contributed by atoms with Gasteiger partial charge in [-0.05, 0) is 117 Å². The molecular weight excluding hydrogens is 697 g/mol. The SMILES string of the molecule is c1ccc(-c2ccc(N(c3ccccc3)c3ccc(-c4cccc5oc6cc(-c7ccc(-c8nc9ccccc9o8)cc7)c7ccccc7c6c45)cc3)cc2)cc1. The summed E-state index contributed by atoms with van der Waals surface area (Å²) in [5.41, 5.74) is 14.5. The van der Waals surface area contributed by atoms with E-state index < -0.39 is 0 Å². The zero-order valence-corrected chi connectivity index (χ0v) is 30.8. The number of benzene rings is 9. The molecule has 11 rings (SSSR count). The van der Waals surface area contributed by atoms with E-state index in [0.29, 0.717) is 5.89 Å². The van der Waals surface area contributed by atoms with Crippen LogP contribution in [-0.4, -0.2) is 4.98 Å². The summed E-state index contributed by atoms with van der Waals surface area (Å²) in [4.78, 5) is 7.01. The van der Waals surface area contributed by atoms with Crippen molar-refractivity contribution >= 4 is 60.9 Å². The third-order valence-electron chi connectivity index (χ3n) is 10.9. The highest BCUT2D eigenvalue weighted by Crippen LogP contribution is 2.44. The third-order valence-corrected chi connectivity index (χ3v) is 10.9. The molecule has 0 unspecified atom stereocenters. The molecule has 57 heavy (non-hydrogen) atoms. The van der Waals surface area contributed by atoms with Crippen LogP contribution < -0.4 is 4.90 Å². The molecule has 9 aromatic carbocycles. The first kappa shape index (κ1) is 32.7. The number of aromatic nitrogens is 1. The molecule has 0 fully saturated rings. The minimum absolute atomic E-state index is 0.617. The standard InChI is InChI=1S/C53H34N2O2/c1-3-12-35(13-4-1)36-26-30-41(31-27-36)55(40-14-5-2-6-15-40)42-32-28-37(29-33-42)43-18-11-21-49-51(43)52-45-17-8-7-16-44(45)46(34-50(52)56-49)38-22-24-39(25-23-38)53-54-47-19-9-10-20-48(47)57-53/h1-34H. The van der Waals surface area contributed by atoms with Crippen LogP contribution >= 0.6 is 0 Å². The van der Waals surface area contributed by atoms with Gasteiger partial charge in [0.1, 0.15) is 16.7 Å². The second-order valence-electron chi connectivity index (χ2n) is 14.3. The van der Waals surface area contributed by atoms with Gasteiger partial charge in [-0.3, -0.25) is 0 Å². The van der Waals surface area contributed by atoms with Crippen molar-refractivity contribution in [1.82, 2.24) is 4.98 Å². The van der Waals surface area contributed by atoms with E-state index >= 15 is 0 Å². The Labute approximate surface area is 329 Å². The maximum atomic E-state index is 6.70. The fourth-order valence-electron chi connectivity index (χ4n) is 8.20. The lowest BCUT2D eigenvalue weighted by Gasteiger charge is -2.26. The first-order chi connectivity index (χ1) is 28.2. The van der Waals surface area contributed by atoms with Crippen molar-refractivity contribution in [2.75, 3.05) is 4.90 Å². The minimum Gasteiger partial charge on any atom is -0.456 e. The average molecular weight is 731 g/mol. The molecule has 0 atom stereocenters. The number of rotatable bonds is 7. The van der Waals surface area contributed by atoms with E-state index in [0.717, 1.165) is 83.3 Å². The van der Waals surface area contributed by atoms with Crippen molar-refractivity contribution in [2.45, 2.75) is 0 Å². The lowest BCUT2D eigenvalue weighted by molar-refractivity contribution is 0.620. The average Bonchev–Trinajstić information content (AvgIpc) is 3.90. The Morgan fingerprint density at radius 1 is 0.333 bits per heavy atom. The molecule has 0 aliphatic heterocycles. The lowest BCUT2D eigenvalue weighted by Crippen LogP contribution is -2.09. The van der Waals surface area contributed by atoms with Crippen LogP contribution in [0.5, 0.6) is 0 Å². The van der Waals surface area contributed by atoms with Gasteiger partial charge in [-0.15, -0.1) is 0 Å². The van der Waals surface area contributed by atoms with Gasteiger partial charge in [0.15, 0.2) is 5.58 Å². The van der Waals surface area contributed by atoms with Crippen molar-refractivity contribution in [2.24, 2.45) is 0 Å². The van der Waals surface area contributed by atoms with Crippen molar-refractivity contribution in [3.05, 3.63) is 206 Å². The molecule has 0 spiro atoms. The number of hydrogen-bond acceptors (Lipinski definition) is 4. The van der Waals surface area contributed by atoms with Gasteiger partial charge < -0.3 is 13.7 Å². The first-order valence-electron chi connectivity index (χ1n) is 19.2. The van der Waals surface area contributed by atoms with E-state index in [9.17, 15) is 0 Å². The highest BCUT2D eigenvalue weighted by molar-refractivity contribution is 6.25. The van der Waals surface area contributed by atoms with Crippen molar-refractivity contribution in [3.8, 4) is 44.8 Å². The van der Waals surface area contributed by atoms with Crippen LogP contribution in [0.1, 0.15) is 0 Å². The molecule has 2 heterocycles. The summed E-state index contributed by atoms with van der Waals surface area (Å²) in [6, 6.07) is 72.3. The number of nitrogens with zero attached hydrogens (tertiary/aromatic N) is 2. The number of hydrogen-bond donors (Lipinski definition) is 0. The number of anilines is 3. The topological polar surface area (TPSA) is 42.4 Å². The molecule has 0 aliphatic carbocycles. The molecule has 0 saturated carbocycles. The first-order valence-corrected chi connectivity index (χ1v) is 19.2. The Kier molecular flexibility index (Phi) is 7.78. The summed E-state index contributed by atoms with van der Waals surface area (Å²) in [6.07, 6.45) is 0. The molecule has 0 aliphatic rings. The zero-order chi connectivity index (χ0) is 37.7. The largest absolute Gasteiger partial charge is 0.456 e.